The Morgan fingerprint density at radius 2 is 1.85 bits per heavy atom. The number of nitrogens with zero attached hydrogens (tertiary/aromatic N) is 2. The lowest BCUT2D eigenvalue weighted by molar-refractivity contribution is -0.137. The summed E-state index contributed by atoms with van der Waals surface area (Å²) in [6.07, 6.45) is -1.14. The highest BCUT2D eigenvalue weighted by atomic mass is 19.4. The molecule has 1 heterocycles. The minimum Gasteiger partial charge on any atom is -0.486 e. The van der Waals surface area contributed by atoms with E-state index in [9.17, 15) is 18.0 Å². The van der Waals surface area contributed by atoms with Crippen LogP contribution in [0.1, 0.15) is 21.7 Å². The predicted octanol–water partition coefficient (Wildman–Crippen LogP) is 4.27. The van der Waals surface area contributed by atoms with Gasteiger partial charge in [-0.25, -0.2) is 4.98 Å². The SMILES string of the molecule is Cn1ccnc1COc1ccc(NC(=O)c2ccccc2C(F)(F)F)cc1. The number of amides is 1. The molecular weight excluding hydrogens is 359 g/mol. The van der Waals surface area contributed by atoms with Crippen LogP contribution in [-0.2, 0) is 19.8 Å². The number of anilines is 1. The number of benzene rings is 2. The molecule has 0 aliphatic carbocycles. The number of nitrogens with one attached hydrogen (secondary N) is 1. The van der Waals surface area contributed by atoms with Gasteiger partial charge in [0, 0.05) is 25.1 Å². The van der Waals surface area contributed by atoms with Gasteiger partial charge in [0.05, 0.1) is 11.1 Å². The van der Waals surface area contributed by atoms with E-state index < -0.39 is 23.2 Å². The van der Waals surface area contributed by atoms with Crippen LogP contribution < -0.4 is 10.1 Å². The summed E-state index contributed by atoms with van der Waals surface area (Å²) in [5, 5.41) is 2.47. The maximum atomic E-state index is 13.0. The fraction of sp³-hybridized carbons (Fsp3) is 0.158. The summed E-state index contributed by atoms with van der Waals surface area (Å²) in [5.74, 6) is 0.465. The van der Waals surface area contributed by atoms with Crippen molar-refractivity contribution in [2.75, 3.05) is 5.32 Å². The highest BCUT2D eigenvalue weighted by Crippen LogP contribution is 2.32. The molecule has 0 spiro atoms. The normalized spacial score (nSPS) is 11.3. The summed E-state index contributed by atoms with van der Waals surface area (Å²) < 4.78 is 46.5. The Morgan fingerprint density at radius 3 is 2.48 bits per heavy atom. The third-order valence-electron chi connectivity index (χ3n) is 3.88. The van der Waals surface area contributed by atoms with Gasteiger partial charge in [-0.15, -0.1) is 0 Å². The number of halogens is 3. The number of ether oxygens (including phenoxy) is 1. The molecule has 27 heavy (non-hydrogen) atoms. The van der Waals surface area contributed by atoms with Gasteiger partial charge in [-0.1, -0.05) is 12.1 Å². The quantitative estimate of drug-likeness (QED) is 0.725. The third-order valence-corrected chi connectivity index (χ3v) is 3.88. The van der Waals surface area contributed by atoms with Crippen molar-refractivity contribution < 1.29 is 22.7 Å². The van der Waals surface area contributed by atoms with Crippen molar-refractivity contribution in [1.29, 1.82) is 0 Å². The zero-order valence-corrected chi connectivity index (χ0v) is 14.3. The molecule has 2 aromatic carbocycles. The third kappa shape index (κ3) is 4.46. The van der Waals surface area contributed by atoms with E-state index in [-0.39, 0.29) is 6.61 Å². The second-order valence-corrected chi connectivity index (χ2v) is 5.76. The molecule has 0 fully saturated rings. The van der Waals surface area contributed by atoms with Gasteiger partial charge >= 0.3 is 6.18 Å². The Bertz CT molecular complexity index is 934. The number of aryl methyl sites for hydroxylation is 1. The summed E-state index contributed by atoms with van der Waals surface area (Å²) in [7, 11) is 1.85. The van der Waals surface area contributed by atoms with E-state index in [0.29, 0.717) is 11.4 Å². The minimum atomic E-state index is -4.60. The minimum absolute atomic E-state index is 0.272. The first-order valence-electron chi connectivity index (χ1n) is 8.01. The Hall–Kier alpha value is -3.29. The summed E-state index contributed by atoms with van der Waals surface area (Å²) >= 11 is 0. The van der Waals surface area contributed by atoms with Gasteiger partial charge in [0.2, 0.25) is 0 Å². The number of carbonyl (C=O) groups excluding carboxylic acids is 1. The molecule has 1 N–H and O–H groups in total. The average Bonchev–Trinajstić information content (AvgIpc) is 3.05. The highest BCUT2D eigenvalue weighted by Gasteiger charge is 2.34. The van der Waals surface area contributed by atoms with Crippen molar-refractivity contribution in [1.82, 2.24) is 9.55 Å². The molecule has 0 unspecified atom stereocenters. The second-order valence-electron chi connectivity index (χ2n) is 5.76. The van der Waals surface area contributed by atoms with Crippen molar-refractivity contribution in [3.63, 3.8) is 0 Å². The number of hydrogen-bond acceptors (Lipinski definition) is 3. The van der Waals surface area contributed by atoms with Crippen LogP contribution in [0.5, 0.6) is 5.75 Å². The highest BCUT2D eigenvalue weighted by molar-refractivity contribution is 6.05. The van der Waals surface area contributed by atoms with E-state index in [2.05, 4.69) is 10.3 Å². The van der Waals surface area contributed by atoms with Crippen LogP contribution in [-0.4, -0.2) is 15.5 Å². The number of aromatic nitrogens is 2. The maximum Gasteiger partial charge on any atom is 0.417 e. The number of carbonyl (C=O) groups is 1. The largest absolute Gasteiger partial charge is 0.486 e. The van der Waals surface area contributed by atoms with Crippen LogP contribution >= 0.6 is 0 Å². The Morgan fingerprint density at radius 1 is 1.15 bits per heavy atom. The number of hydrogen-bond donors (Lipinski definition) is 1. The Kier molecular flexibility index (Phi) is 5.16. The van der Waals surface area contributed by atoms with Crippen LogP contribution in [0.25, 0.3) is 0 Å². The van der Waals surface area contributed by atoms with Crippen molar-refractivity contribution in [2.45, 2.75) is 12.8 Å². The molecule has 3 aromatic rings. The maximum absolute atomic E-state index is 13.0. The molecule has 1 amide bonds. The summed E-state index contributed by atoms with van der Waals surface area (Å²) in [6, 6.07) is 11.0. The monoisotopic (exact) mass is 375 g/mol. The lowest BCUT2D eigenvalue weighted by Crippen LogP contribution is -2.18. The molecule has 0 atom stereocenters. The van der Waals surface area contributed by atoms with Crippen LogP contribution in [0.15, 0.2) is 60.9 Å². The predicted molar refractivity (Wildman–Crippen MR) is 93.4 cm³/mol. The fourth-order valence-corrected chi connectivity index (χ4v) is 2.44. The first-order chi connectivity index (χ1) is 12.8. The van der Waals surface area contributed by atoms with Crippen molar-refractivity contribution >= 4 is 11.6 Å². The van der Waals surface area contributed by atoms with E-state index >= 15 is 0 Å². The van der Waals surface area contributed by atoms with Gasteiger partial charge in [0.25, 0.3) is 5.91 Å². The van der Waals surface area contributed by atoms with Crippen LogP contribution in [0.4, 0.5) is 18.9 Å². The van der Waals surface area contributed by atoms with Gasteiger partial charge in [-0.3, -0.25) is 4.79 Å². The molecule has 1 aromatic heterocycles. The molecule has 3 rings (SSSR count). The van der Waals surface area contributed by atoms with E-state index in [1.807, 2.05) is 11.6 Å². The lowest BCUT2D eigenvalue weighted by atomic mass is 10.1. The first kappa shape index (κ1) is 18.5. The Balaban J connectivity index is 1.66. The molecule has 0 bridgehead atoms. The summed E-state index contributed by atoms with van der Waals surface area (Å²) in [4.78, 5) is 16.4. The second kappa shape index (κ2) is 7.53. The number of imidazole rings is 1. The van der Waals surface area contributed by atoms with E-state index in [4.69, 9.17) is 4.74 Å². The molecule has 5 nitrogen and oxygen atoms in total. The van der Waals surface area contributed by atoms with Gasteiger partial charge in [0.1, 0.15) is 18.2 Å². The molecule has 8 heteroatoms. The average molecular weight is 375 g/mol. The smallest absolute Gasteiger partial charge is 0.417 e. The van der Waals surface area contributed by atoms with Crippen molar-refractivity contribution in [3.8, 4) is 5.75 Å². The van der Waals surface area contributed by atoms with E-state index in [1.54, 1.807) is 36.7 Å². The van der Waals surface area contributed by atoms with E-state index in [0.717, 1.165) is 18.0 Å². The topological polar surface area (TPSA) is 56.1 Å². The molecule has 140 valence electrons. The zero-order chi connectivity index (χ0) is 19.4. The summed E-state index contributed by atoms with van der Waals surface area (Å²) in [6.45, 7) is 0.272. The molecule has 0 radical (unpaired) electrons. The van der Waals surface area contributed by atoms with Crippen LogP contribution in [0.2, 0.25) is 0 Å². The summed E-state index contributed by atoms with van der Waals surface area (Å²) in [5.41, 5.74) is -1.04. The first-order valence-corrected chi connectivity index (χ1v) is 8.01. The lowest BCUT2D eigenvalue weighted by Gasteiger charge is -2.13. The van der Waals surface area contributed by atoms with Gasteiger partial charge in [0.15, 0.2) is 0 Å². The number of alkyl halides is 3. The van der Waals surface area contributed by atoms with Crippen LogP contribution in [0, 0.1) is 0 Å². The standard InChI is InChI=1S/C19H16F3N3O2/c1-25-11-10-23-17(25)12-27-14-8-6-13(7-9-14)24-18(26)15-4-2-3-5-16(15)19(20,21)22/h2-11H,12H2,1H3,(H,24,26). The van der Waals surface area contributed by atoms with Crippen molar-refractivity contribution in [3.05, 3.63) is 77.9 Å². The molecule has 0 aliphatic heterocycles. The van der Waals surface area contributed by atoms with Crippen LogP contribution in [0.3, 0.4) is 0 Å². The molecule has 0 aliphatic rings. The Labute approximate surface area is 153 Å². The zero-order valence-electron chi connectivity index (χ0n) is 14.3. The fourth-order valence-electron chi connectivity index (χ4n) is 2.44. The van der Waals surface area contributed by atoms with E-state index in [1.165, 1.54) is 12.1 Å². The molecular formula is C19H16F3N3O2. The molecule has 0 saturated heterocycles. The van der Waals surface area contributed by atoms with Crippen molar-refractivity contribution in [2.24, 2.45) is 7.05 Å². The van der Waals surface area contributed by atoms with Gasteiger partial charge in [-0.05, 0) is 36.4 Å². The molecule has 0 saturated carbocycles. The van der Waals surface area contributed by atoms with Gasteiger partial charge < -0.3 is 14.6 Å². The van der Waals surface area contributed by atoms with Gasteiger partial charge in [-0.2, -0.15) is 13.2 Å². The number of rotatable bonds is 5.